The van der Waals surface area contributed by atoms with Crippen LogP contribution in [0.15, 0.2) is 42.6 Å². The van der Waals surface area contributed by atoms with Gasteiger partial charge in [0.2, 0.25) is 16.0 Å². The van der Waals surface area contributed by atoms with E-state index in [2.05, 4.69) is 35.6 Å². The molecule has 0 aliphatic carbocycles. The summed E-state index contributed by atoms with van der Waals surface area (Å²) in [5, 5.41) is 9.22. The summed E-state index contributed by atoms with van der Waals surface area (Å²) < 4.78 is 24.5. The number of anilines is 3. The van der Waals surface area contributed by atoms with Crippen LogP contribution in [0.1, 0.15) is 5.69 Å². The highest BCUT2D eigenvalue weighted by Gasteiger charge is 2.08. The van der Waals surface area contributed by atoms with Crippen LogP contribution in [-0.2, 0) is 10.0 Å². The molecule has 11 heteroatoms. The third kappa shape index (κ3) is 6.36. The SMILES string of the molecule is Cc1cc(NCCNS(C)(=O)=O)nc(NC(=O)Nc2ccc3ncccc3c2)n1. The number of aromatic nitrogens is 3. The van der Waals surface area contributed by atoms with E-state index in [0.29, 0.717) is 23.7 Å². The van der Waals surface area contributed by atoms with Gasteiger partial charge < -0.3 is 10.6 Å². The van der Waals surface area contributed by atoms with Crippen molar-refractivity contribution in [3.63, 3.8) is 0 Å². The summed E-state index contributed by atoms with van der Waals surface area (Å²) >= 11 is 0. The Morgan fingerprint density at radius 3 is 2.69 bits per heavy atom. The molecule has 1 aromatic carbocycles. The van der Waals surface area contributed by atoms with Crippen LogP contribution in [0.5, 0.6) is 0 Å². The fraction of sp³-hybridized carbons (Fsp3) is 0.222. The molecule has 0 bridgehead atoms. The highest BCUT2D eigenvalue weighted by molar-refractivity contribution is 7.88. The lowest BCUT2D eigenvalue weighted by molar-refractivity contribution is 0.262. The Morgan fingerprint density at radius 1 is 1.07 bits per heavy atom. The zero-order valence-corrected chi connectivity index (χ0v) is 16.7. The Hall–Kier alpha value is -3.31. The second kappa shape index (κ2) is 8.80. The first-order valence-electron chi connectivity index (χ1n) is 8.75. The quantitative estimate of drug-likeness (QED) is 0.433. The first kappa shape index (κ1) is 20.4. The predicted molar refractivity (Wildman–Crippen MR) is 112 cm³/mol. The summed E-state index contributed by atoms with van der Waals surface area (Å²) in [6, 6.07) is 10.3. The van der Waals surface area contributed by atoms with Crippen molar-refractivity contribution in [3.05, 3.63) is 48.3 Å². The summed E-state index contributed by atoms with van der Waals surface area (Å²) in [7, 11) is -3.25. The topological polar surface area (TPSA) is 138 Å². The molecule has 3 aromatic rings. The van der Waals surface area contributed by atoms with Gasteiger partial charge >= 0.3 is 6.03 Å². The molecule has 29 heavy (non-hydrogen) atoms. The standard InChI is InChI=1S/C18H21N7O3S/c1-12-10-16(20-8-9-21-29(2,27)28)24-17(22-12)25-18(26)23-14-5-6-15-13(11-14)4-3-7-19-15/h3-7,10-11,21H,8-9H2,1-2H3,(H3,20,22,23,24,25,26). The predicted octanol–water partition coefficient (Wildman–Crippen LogP) is 1.94. The molecule has 152 valence electrons. The average Bonchev–Trinajstić information content (AvgIpc) is 2.64. The van der Waals surface area contributed by atoms with Crippen LogP contribution in [0.3, 0.4) is 0 Å². The third-order valence-electron chi connectivity index (χ3n) is 3.74. The van der Waals surface area contributed by atoms with Crippen LogP contribution >= 0.6 is 0 Å². The van der Waals surface area contributed by atoms with Crippen LogP contribution in [0.25, 0.3) is 10.9 Å². The largest absolute Gasteiger partial charge is 0.369 e. The lowest BCUT2D eigenvalue weighted by Crippen LogP contribution is -2.28. The summed E-state index contributed by atoms with van der Waals surface area (Å²) in [5.74, 6) is 0.600. The molecule has 4 N–H and O–H groups in total. The Balaban J connectivity index is 1.61. The van der Waals surface area contributed by atoms with Gasteiger partial charge in [-0.15, -0.1) is 0 Å². The van der Waals surface area contributed by atoms with Crippen LogP contribution < -0.4 is 20.7 Å². The highest BCUT2D eigenvalue weighted by Crippen LogP contribution is 2.17. The molecule has 10 nitrogen and oxygen atoms in total. The molecule has 0 saturated carbocycles. The first-order chi connectivity index (χ1) is 13.8. The van der Waals surface area contributed by atoms with Gasteiger partial charge in [-0.25, -0.2) is 22.9 Å². The summed E-state index contributed by atoms with van der Waals surface area (Å²) in [6.45, 7) is 2.31. The number of hydrogen-bond acceptors (Lipinski definition) is 7. The van der Waals surface area contributed by atoms with Crippen LogP contribution in [0.4, 0.5) is 22.2 Å². The second-order valence-corrected chi connectivity index (χ2v) is 8.13. The maximum Gasteiger partial charge on any atom is 0.326 e. The molecule has 0 aliphatic rings. The number of carbonyl (C=O) groups is 1. The highest BCUT2D eigenvalue weighted by atomic mass is 32.2. The molecule has 2 heterocycles. The fourth-order valence-corrected chi connectivity index (χ4v) is 3.03. The number of fused-ring (bicyclic) bond motifs is 1. The Bertz CT molecular complexity index is 1140. The van der Waals surface area contributed by atoms with Gasteiger partial charge in [0, 0.05) is 42.1 Å². The molecule has 0 spiro atoms. The fourth-order valence-electron chi connectivity index (χ4n) is 2.56. The molecule has 2 aromatic heterocycles. The molecular weight excluding hydrogens is 394 g/mol. The van der Waals surface area contributed by atoms with Gasteiger partial charge in [-0.05, 0) is 31.2 Å². The molecular formula is C18H21N7O3S. The van der Waals surface area contributed by atoms with Crippen molar-refractivity contribution in [3.8, 4) is 0 Å². The van der Waals surface area contributed by atoms with Gasteiger partial charge in [-0.3, -0.25) is 10.3 Å². The molecule has 2 amide bonds. The second-order valence-electron chi connectivity index (χ2n) is 6.30. The number of nitrogens with one attached hydrogen (secondary N) is 4. The Morgan fingerprint density at radius 2 is 1.90 bits per heavy atom. The van der Waals surface area contributed by atoms with E-state index in [9.17, 15) is 13.2 Å². The zero-order valence-electron chi connectivity index (χ0n) is 15.9. The number of hydrogen-bond donors (Lipinski definition) is 4. The Kier molecular flexibility index (Phi) is 6.20. The maximum atomic E-state index is 12.3. The van der Waals surface area contributed by atoms with Gasteiger partial charge in [0.1, 0.15) is 5.82 Å². The molecule has 0 atom stereocenters. The van der Waals surface area contributed by atoms with E-state index < -0.39 is 16.1 Å². The molecule has 0 fully saturated rings. The normalized spacial score (nSPS) is 11.2. The van der Waals surface area contributed by atoms with E-state index >= 15 is 0 Å². The van der Waals surface area contributed by atoms with Crippen molar-refractivity contribution in [2.24, 2.45) is 0 Å². The summed E-state index contributed by atoms with van der Waals surface area (Å²) in [5.41, 5.74) is 2.09. The summed E-state index contributed by atoms with van der Waals surface area (Å²) in [6.07, 6.45) is 2.80. The van der Waals surface area contributed by atoms with Crippen molar-refractivity contribution in [2.45, 2.75) is 6.92 Å². The molecule has 0 unspecified atom stereocenters. The number of amides is 2. The van der Waals surface area contributed by atoms with E-state index in [4.69, 9.17) is 0 Å². The number of sulfonamides is 1. The van der Waals surface area contributed by atoms with Crippen LogP contribution in [0, 0.1) is 6.92 Å². The minimum Gasteiger partial charge on any atom is -0.369 e. The van der Waals surface area contributed by atoms with Crippen LogP contribution in [0.2, 0.25) is 0 Å². The molecule has 0 radical (unpaired) electrons. The van der Waals surface area contributed by atoms with Gasteiger partial charge in [0.15, 0.2) is 0 Å². The van der Waals surface area contributed by atoms with Crippen molar-refractivity contribution < 1.29 is 13.2 Å². The number of nitrogens with zero attached hydrogens (tertiary/aromatic N) is 3. The molecule has 0 aliphatic heterocycles. The van der Waals surface area contributed by atoms with Gasteiger partial charge in [0.05, 0.1) is 11.8 Å². The number of urea groups is 1. The smallest absolute Gasteiger partial charge is 0.326 e. The third-order valence-corrected chi connectivity index (χ3v) is 4.46. The van der Waals surface area contributed by atoms with Crippen molar-refractivity contribution in [1.82, 2.24) is 19.7 Å². The van der Waals surface area contributed by atoms with Gasteiger partial charge in [-0.2, -0.15) is 4.98 Å². The number of aryl methyl sites for hydroxylation is 1. The minimum absolute atomic E-state index is 0.128. The van der Waals surface area contributed by atoms with Crippen molar-refractivity contribution in [2.75, 3.05) is 35.3 Å². The van der Waals surface area contributed by atoms with Gasteiger partial charge in [-0.1, -0.05) is 6.07 Å². The molecule has 0 saturated heterocycles. The lowest BCUT2D eigenvalue weighted by Gasteiger charge is -2.10. The number of rotatable bonds is 7. The van der Waals surface area contributed by atoms with Gasteiger partial charge in [0.25, 0.3) is 0 Å². The number of carbonyl (C=O) groups excluding carboxylic acids is 1. The maximum absolute atomic E-state index is 12.3. The van der Waals surface area contributed by atoms with E-state index in [1.165, 1.54) is 0 Å². The van der Waals surface area contributed by atoms with Crippen molar-refractivity contribution >= 4 is 44.4 Å². The first-order valence-corrected chi connectivity index (χ1v) is 10.6. The zero-order chi connectivity index (χ0) is 20.9. The van der Waals surface area contributed by atoms with E-state index in [0.717, 1.165) is 17.2 Å². The van der Waals surface area contributed by atoms with Crippen molar-refractivity contribution in [1.29, 1.82) is 0 Å². The monoisotopic (exact) mass is 415 g/mol. The lowest BCUT2D eigenvalue weighted by atomic mass is 10.2. The minimum atomic E-state index is -3.25. The Labute approximate surface area is 168 Å². The van der Waals surface area contributed by atoms with Crippen LogP contribution in [-0.4, -0.2) is 48.7 Å². The number of pyridine rings is 1. The van der Waals surface area contributed by atoms with E-state index in [-0.39, 0.29) is 12.5 Å². The average molecular weight is 415 g/mol. The molecule has 3 rings (SSSR count). The van der Waals surface area contributed by atoms with E-state index in [1.54, 1.807) is 25.3 Å². The number of benzene rings is 1. The van der Waals surface area contributed by atoms with E-state index in [1.807, 2.05) is 24.3 Å². The summed E-state index contributed by atoms with van der Waals surface area (Å²) in [4.78, 5) is 24.9.